The zero-order chi connectivity index (χ0) is 17.8. The number of para-hydroxylation sites is 1. The number of Topliss-reactive ketones (excluding diaryl/α,β-unsaturated/α-hetero) is 1. The number of aryl methyl sites for hydroxylation is 1. The molecule has 25 heavy (non-hydrogen) atoms. The second-order valence-electron chi connectivity index (χ2n) is 6.58. The highest BCUT2D eigenvalue weighted by molar-refractivity contribution is 6.11. The molecule has 0 amide bonds. The molecule has 0 radical (unpaired) electrons. The molecule has 6 nitrogen and oxygen atoms in total. The van der Waals surface area contributed by atoms with E-state index >= 15 is 0 Å². The lowest BCUT2D eigenvalue weighted by molar-refractivity contribution is -0.143. The zero-order valence-electron chi connectivity index (χ0n) is 13.9. The summed E-state index contributed by atoms with van der Waals surface area (Å²) < 4.78 is 25.0. The number of carbonyl (C=O) groups excluding carboxylic acids is 2. The molecular formula is C18H17FN2O4. The number of nitrogens with one attached hydrogen (secondary N) is 1. The van der Waals surface area contributed by atoms with Crippen LogP contribution in [0.1, 0.15) is 28.9 Å². The quantitative estimate of drug-likeness (QED) is 0.797. The summed E-state index contributed by atoms with van der Waals surface area (Å²) in [5.74, 6) is -0.602. The Kier molecular flexibility index (Phi) is 3.50. The van der Waals surface area contributed by atoms with Crippen LogP contribution in [0, 0.1) is 12.7 Å². The first-order chi connectivity index (χ1) is 11.9. The van der Waals surface area contributed by atoms with E-state index in [9.17, 15) is 14.0 Å². The van der Waals surface area contributed by atoms with Crippen LogP contribution in [0.15, 0.2) is 18.2 Å². The highest BCUT2D eigenvalue weighted by Gasteiger charge is 2.49. The highest BCUT2D eigenvalue weighted by Crippen LogP contribution is 2.42. The van der Waals surface area contributed by atoms with Crippen molar-refractivity contribution in [1.29, 1.82) is 0 Å². The molecule has 4 rings (SSSR count). The van der Waals surface area contributed by atoms with E-state index in [1.807, 2.05) is 0 Å². The molecule has 0 bridgehead atoms. The molecule has 0 aliphatic carbocycles. The van der Waals surface area contributed by atoms with E-state index < -0.39 is 17.5 Å². The van der Waals surface area contributed by atoms with Gasteiger partial charge in [-0.3, -0.25) is 9.59 Å². The lowest BCUT2D eigenvalue weighted by Gasteiger charge is -2.35. The molecule has 0 unspecified atom stereocenters. The van der Waals surface area contributed by atoms with Gasteiger partial charge in [-0.05, 0) is 13.0 Å². The number of rotatable bonds is 1. The monoisotopic (exact) mass is 344 g/mol. The van der Waals surface area contributed by atoms with Crippen molar-refractivity contribution >= 4 is 22.7 Å². The highest BCUT2D eigenvalue weighted by atomic mass is 19.1. The van der Waals surface area contributed by atoms with Crippen molar-refractivity contribution < 1.29 is 23.5 Å². The van der Waals surface area contributed by atoms with Crippen molar-refractivity contribution in [1.82, 2.24) is 10.3 Å². The third-order valence-corrected chi connectivity index (χ3v) is 4.90. The van der Waals surface area contributed by atoms with E-state index in [1.54, 1.807) is 19.1 Å². The minimum Gasteiger partial charge on any atom is -0.483 e. The number of aromatic nitrogens is 1. The number of ketones is 1. The first-order valence-corrected chi connectivity index (χ1v) is 8.06. The number of nitrogens with zero attached hydrogens (tertiary/aromatic N) is 1. The van der Waals surface area contributed by atoms with Crippen molar-refractivity contribution in [2.45, 2.75) is 31.4 Å². The molecule has 1 N–H and O–H groups in total. The summed E-state index contributed by atoms with van der Waals surface area (Å²) in [6.07, 6.45) is 0.459. The Morgan fingerprint density at radius 2 is 2.28 bits per heavy atom. The maximum Gasteiger partial charge on any atom is 0.323 e. The Hall–Kier alpha value is -2.54. The number of fused-ring (bicyclic) bond motifs is 3. The van der Waals surface area contributed by atoms with Crippen molar-refractivity contribution in [3.63, 3.8) is 0 Å². The van der Waals surface area contributed by atoms with E-state index in [0.29, 0.717) is 35.4 Å². The van der Waals surface area contributed by atoms with Gasteiger partial charge in [-0.25, -0.2) is 9.37 Å². The fourth-order valence-corrected chi connectivity index (χ4v) is 3.73. The lowest BCUT2D eigenvalue weighted by Crippen LogP contribution is -2.44. The third kappa shape index (κ3) is 2.38. The summed E-state index contributed by atoms with van der Waals surface area (Å²) >= 11 is 0. The minimum absolute atomic E-state index is 0.121. The van der Waals surface area contributed by atoms with Crippen molar-refractivity contribution in [3.05, 3.63) is 35.3 Å². The van der Waals surface area contributed by atoms with Crippen molar-refractivity contribution in [2.24, 2.45) is 0 Å². The molecule has 3 heterocycles. The van der Waals surface area contributed by atoms with E-state index in [0.717, 1.165) is 0 Å². The van der Waals surface area contributed by atoms with E-state index in [1.165, 1.54) is 13.2 Å². The fourth-order valence-electron chi connectivity index (χ4n) is 3.73. The van der Waals surface area contributed by atoms with Crippen LogP contribution in [0.5, 0.6) is 5.75 Å². The Bertz CT molecular complexity index is 914. The molecule has 2 aliphatic rings. The summed E-state index contributed by atoms with van der Waals surface area (Å²) in [4.78, 5) is 28.9. The average Bonchev–Trinajstić information content (AvgIpc) is 2.98. The summed E-state index contributed by atoms with van der Waals surface area (Å²) in [5, 5.41) is 3.51. The van der Waals surface area contributed by atoms with Crippen LogP contribution in [0.25, 0.3) is 10.9 Å². The minimum atomic E-state index is -0.809. The third-order valence-electron chi connectivity index (χ3n) is 4.90. The number of benzene rings is 1. The summed E-state index contributed by atoms with van der Waals surface area (Å²) in [7, 11) is 1.33. The van der Waals surface area contributed by atoms with Crippen LogP contribution >= 0.6 is 0 Å². The van der Waals surface area contributed by atoms with Crippen LogP contribution in [-0.2, 0) is 9.53 Å². The predicted octanol–water partition coefficient (Wildman–Crippen LogP) is 1.92. The second kappa shape index (κ2) is 5.49. The van der Waals surface area contributed by atoms with Crippen LogP contribution in [0.4, 0.5) is 4.39 Å². The van der Waals surface area contributed by atoms with Crippen LogP contribution in [0.2, 0.25) is 0 Å². The largest absolute Gasteiger partial charge is 0.483 e. The smallest absolute Gasteiger partial charge is 0.323 e. The number of hydrogen-bond donors (Lipinski definition) is 1. The van der Waals surface area contributed by atoms with Gasteiger partial charge in [-0.2, -0.15) is 0 Å². The van der Waals surface area contributed by atoms with Crippen molar-refractivity contribution in [2.75, 3.05) is 13.7 Å². The Balaban J connectivity index is 1.80. The normalized spacial score (nSPS) is 25.1. The molecule has 2 atom stereocenters. The van der Waals surface area contributed by atoms with Gasteiger partial charge < -0.3 is 14.8 Å². The first-order valence-electron chi connectivity index (χ1n) is 8.06. The van der Waals surface area contributed by atoms with Gasteiger partial charge >= 0.3 is 5.97 Å². The zero-order valence-corrected chi connectivity index (χ0v) is 13.9. The standard InChI is InChI=1S/C18H17FN2O4/c1-9-16-14(10-4-3-5-11(19)15(10)21-9)13(22)7-18(25-16)6-12(20-8-18)17(23)24-2/h3-5,12,20H,6-8H2,1-2H3/t12-,18+/m0/s1. The number of hydrogen-bond acceptors (Lipinski definition) is 6. The Labute approximate surface area is 143 Å². The van der Waals surface area contributed by atoms with Crippen molar-refractivity contribution in [3.8, 4) is 5.75 Å². The van der Waals surface area contributed by atoms with Gasteiger partial charge in [0.1, 0.15) is 23.0 Å². The molecule has 7 heteroatoms. The van der Waals surface area contributed by atoms with Gasteiger partial charge in [0, 0.05) is 18.4 Å². The number of ether oxygens (including phenoxy) is 2. The van der Waals surface area contributed by atoms with E-state index in [2.05, 4.69) is 10.3 Å². The lowest BCUT2D eigenvalue weighted by atomic mass is 9.86. The number of halogens is 1. The predicted molar refractivity (Wildman–Crippen MR) is 87.2 cm³/mol. The number of carbonyl (C=O) groups is 2. The van der Waals surface area contributed by atoms with Gasteiger partial charge in [-0.15, -0.1) is 0 Å². The van der Waals surface area contributed by atoms with Gasteiger partial charge in [0.05, 0.1) is 24.8 Å². The fraction of sp³-hybridized carbons (Fsp3) is 0.389. The average molecular weight is 344 g/mol. The molecule has 1 spiro atoms. The van der Waals surface area contributed by atoms with Gasteiger partial charge in [0.15, 0.2) is 11.5 Å². The van der Waals surface area contributed by atoms with Crippen LogP contribution in [-0.4, -0.2) is 42.0 Å². The summed E-state index contributed by atoms with van der Waals surface area (Å²) in [5.41, 5.74) is 0.190. The first kappa shape index (κ1) is 16.0. The second-order valence-corrected chi connectivity index (χ2v) is 6.58. The van der Waals surface area contributed by atoms with Gasteiger partial charge in [-0.1, -0.05) is 12.1 Å². The van der Waals surface area contributed by atoms with Crippen LogP contribution < -0.4 is 10.1 Å². The van der Waals surface area contributed by atoms with Crippen LogP contribution in [0.3, 0.4) is 0 Å². The molecule has 1 fully saturated rings. The Morgan fingerprint density at radius 3 is 3.04 bits per heavy atom. The molecule has 130 valence electrons. The molecule has 2 aromatic rings. The maximum absolute atomic E-state index is 14.1. The molecule has 1 saturated heterocycles. The summed E-state index contributed by atoms with van der Waals surface area (Å²) in [6.45, 7) is 2.05. The molecule has 1 aromatic heterocycles. The van der Waals surface area contributed by atoms with E-state index in [-0.39, 0.29) is 23.7 Å². The van der Waals surface area contributed by atoms with Gasteiger partial charge in [0.25, 0.3) is 0 Å². The molecule has 0 saturated carbocycles. The Morgan fingerprint density at radius 1 is 1.48 bits per heavy atom. The van der Waals surface area contributed by atoms with E-state index in [4.69, 9.17) is 9.47 Å². The van der Waals surface area contributed by atoms with Gasteiger partial charge in [0.2, 0.25) is 0 Å². The molecular weight excluding hydrogens is 327 g/mol. The number of esters is 1. The number of pyridine rings is 1. The summed E-state index contributed by atoms with van der Waals surface area (Å²) in [6, 6.07) is 4.04. The topological polar surface area (TPSA) is 77.5 Å². The SMILES string of the molecule is COC(=O)[C@@H]1C[C@]2(CN1)CC(=O)c1c(c(C)nc3c(F)cccc13)O2. The molecule has 2 aliphatic heterocycles. The number of methoxy groups -OCH3 is 1. The molecule has 1 aromatic carbocycles. The maximum atomic E-state index is 14.1.